The monoisotopic (exact) mass is 446 g/mol. The summed E-state index contributed by atoms with van der Waals surface area (Å²) in [4.78, 5) is 38.5. The van der Waals surface area contributed by atoms with E-state index in [0.29, 0.717) is 11.3 Å². The van der Waals surface area contributed by atoms with Gasteiger partial charge in [-0.05, 0) is 36.3 Å². The van der Waals surface area contributed by atoms with Crippen molar-refractivity contribution < 1.29 is 28.6 Å². The largest absolute Gasteiger partial charge is 0.458 e. The third kappa shape index (κ3) is 6.53. The normalized spacial score (nSPS) is 17.3. The van der Waals surface area contributed by atoms with Gasteiger partial charge in [-0.1, -0.05) is 68.1 Å². The Labute approximate surface area is 193 Å². The minimum Gasteiger partial charge on any atom is -0.458 e. The molecule has 0 aromatic heterocycles. The van der Waals surface area contributed by atoms with Crippen molar-refractivity contribution in [3.8, 4) is 5.75 Å². The summed E-state index contributed by atoms with van der Waals surface area (Å²) in [5.41, 5.74) is 1.79. The fourth-order valence-electron chi connectivity index (χ4n) is 3.27. The van der Waals surface area contributed by atoms with E-state index in [9.17, 15) is 14.4 Å². The molecule has 6 nitrogen and oxygen atoms in total. The summed E-state index contributed by atoms with van der Waals surface area (Å²) in [5.74, 6) is -2.91. The minimum atomic E-state index is -0.873. The fraction of sp³-hybridized carbons (Fsp3) is 0.222. The van der Waals surface area contributed by atoms with E-state index in [1.54, 1.807) is 44.2 Å². The standard InChI is InChI=1S/C27H26O6/c1-18(2)16-31-26(29)23-14-21(25(28)32-17-20-10-6-4-7-11-20)15-24(19(23)3)27(30)33-22-12-8-5-9-13-22/h4-15,19,24H,1,16-17H2,2-3H3. The Kier molecular flexibility index (Phi) is 7.97. The second kappa shape index (κ2) is 11.1. The molecule has 2 aromatic carbocycles. The van der Waals surface area contributed by atoms with Gasteiger partial charge in [0.1, 0.15) is 19.0 Å². The lowest BCUT2D eigenvalue weighted by molar-refractivity contribution is -0.140. The van der Waals surface area contributed by atoms with Gasteiger partial charge < -0.3 is 14.2 Å². The maximum atomic E-state index is 12.9. The van der Waals surface area contributed by atoms with Crippen molar-refractivity contribution in [2.24, 2.45) is 11.8 Å². The molecule has 0 saturated carbocycles. The van der Waals surface area contributed by atoms with Crippen LogP contribution in [0.25, 0.3) is 0 Å². The van der Waals surface area contributed by atoms with Gasteiger partial charge in [-0.3, -0.25) is 4.79 Å². The van der Waals surface area contributed by atoms with Crippen molar-refractivity contribution in [3.05, 3.63) is 102 Å². The highest BCUT2D eigenvalue weighted by molar-refractivity contribution is 5.99. The van der Waals surface area contributed by atoms with E-state index < -0.39 is 29.7 Å². The molecule has 3 rings (SSSR count). The zero-order valence-corrected chi connectivity index (χ0v) is 18.7. The quantitative estimate of drug-likeness (QED) is 0.336. The van der Waals surface area contributed by atoms with Gasteiger partial charge in [0.2, 0.25) is 0 Å². The SMILES string of the molecule is C=C(C)COC(=O)C1=CC(C(=O)OCc2ccccc2)=CC(C(=O)Oc2ccccc2)C1C. The van der Waals surface area contributed by atoms with Gasteiger partial charge in [0.05, 0.1) is 11.5 Å². The number of hydrogen-bond donors (Lipinski definition) is 0. The highest BCUT2D eigenvalue weighted by Crippen LogP contribution is 2.32. The molecule has 0 aliphatic heterocycles. The molecule has 2 unspecified atom stereocenters. The lowest BCUT2D eigenvalue weighted by Crippen LogP contribution is -2.32. The maximum Gasteiger partial charge on any atom is 0.338 e. The number of carbonyl (C=O) groups is 3. The van der Waals surface area contributed by atoms with Crippen molar-refractivity contribution in [2.75, 3.05) is 6.61 Å². The summed E-state index contributed by atoms with van der Waals surface area (Å²) in [6.45, 7) is 7.28. The van der Waals surface area contributed by atoms with Crippen molar-refractivity contribution in [3.63, 3.8) is 0 Å². The number of ether oxygens (including phenoxy) is 3. The van der Waals surface area contributed by atoms with E-state index in [0.717, 1.165) is 5.56 Å². The number of para-hydroxylation sites is 1. The van der Waals surface area contributed by atoms with Crippen LogP contribution in [0.15, 0.2) is 96.1 Å². The van der Waals surface area contributed by atoms with Gasteiger partial charge in [0, 0.05) is 11.5 Å². The summed E-state index contributed by atoms with van der Waals surface area (Å²) in [5, 5.41) is 0. The molecule has 0 amide bonds. The number of rotatable bonds is 8. The molecule has 1 aliphatic rings. The van der Waals surface area contributed by atoms with Crippen LogP contribution < -0.4 is 4.74 Å². The third-order valence-electron chi connectivity index (χ3n) is 5.07. The summed E-state index contributed by atoms with van der Waals surface area (Å²) >= 11 is 0. The molecule has 0 fully saturated rings. The Bertz CT molecular complexity index is 1080. The van der Waals surface area contributed by atoms with E-state index in [2.05, 4.69) is 6.58 Å². The Hall–Kier alpha value is -3.93. The van der Waals surface area contributed by atoms with Crippen molar-refractivity contribution >= 4 is 17.9 Å². The molecule has 2 aromatic rings. The predicted molar refractivity (Wildman–Crippen MR) is 123 cm³/mol. The van der Waals surface area contributed by atoms with Crippen LogP contribution in [0.5, 0.6) is 5.75 Å². The lowest BCUT2D eigenvalue weighted by Gasteiger charge is -2.26. The smallest absolute Gasteiger partial charge is 0.338 e. The van der Waals surface area contributed by atoms with Gasteiger partial charge in [0.25, 0.3) is 0 Å². The summed E-state index contributed by atoms with van der Waals surface area (Å²) < 4.78 is 16.2. The molecule has 2 atom stereocenters. The van der Waals surface area contributed by atoms with E-state index in [1.165, 1.54) is 12.2 Å². The van der Waals surface area contributed by atoms with Gasteiger partial charge in [-0.2, -0.15) is 0 Å². The molecule has 33 heavy (non-hydrogen) atoms. The molecule has 0 spiro atoms. The molecular formula is C27H26O6. The van der Waals surface area contributed by atoms with Crippen LogP contribution in [0.3, 0.4) is 0 Å². The second-order valence-electron chi connectivity index (χ2n) is 7.87. The summed E-state index contributed by atoms with van der Waals surface area (Å²) in [6, 6.07) is 17.8. The van der Waals surface area contributed by atoms with Crippen LogP contribution in [0.1, 0.15) is 19.4 Å². The van der Waals surface area contributed by atoms with Crippen LogP contribution in [0.4, 0.5) is 0 Å². The molecule has 1 aliphatic carbocycles. The highest BCUT2D eigenvalue weighted by Gasteiger charge is 2.36. The van der Waals surface area contributed by atoms with Crippen LogP contribution in [-0.2, 0) is 30.5 Å². The fourth-order valence-corrected chi connectivity index (χ4v) is 3.27. The highest BCUT2D eigenvalue weighted by atomic mass is 16.5. The number of benzene rings is 2. The van der Waals surface area contributed by atoms with E-state index in [1.807, 2.05) is 30.3 Å². The molecular weight excluding hydrogens is 420 g/mol. The van der Waals surface area contributed by atoms with Gasteiger partial charge in [-0.25, -0.2) is 9.59 Å². The first-order valence-electron chi connectivity index (χ1n) is 10.6. The molecule has 0 heterocycles. The Morgan fingerprint density at radius 2 is 1.55 bits per heavy atom. The Balaban J connectivity index is 1.83. The van der Waals surface area contributed by atoms with E-state index in [-0.39, 0.29) is 24.4 Å². The first kappa shape index (κ1) is 23.7. The van der Waals surface area contributed by atoms with Crippen LogP contribution in [0, 0.1) is 11.8 Å². The average Bonchev–Trinajstić information content (AvgIpc) is 2.82. The molecule has 6 heteroatoms. The first-order valence-corrected chi connectivity index (χ1v) is 10.6. The lowest BCUT2D eigenvalue weighted by atomic mass is 9.81. The van der Waals surface area contributed by atoms with Crippen LogP contribution >= 0.6 is 0 Å². The van der Waals surface area contributed by atoms with Crippen LogP contribution in [-0.4, -0.2) is 24.5 Å². The number of carbonyl (C=O) groups excluding carboxylic acids is 3. The van der Waals surface area contributed by atoms with Gasteiger partial charge in [0.15, 0.2) is 0 Å². The first-order chi connectivity index (χ1) is 15.8. The second-order valence-corrected chi connectivity index (χ2v) is 7.87. The Morgan fingerprint density at radius 1 is 0.909 bits per heavy atom. The van der Waals surface area contributed by atoms with E-state index >= 15 is 0 Å². The molecule has 0 bridgehead atoms. The average molecular weight is 446 g/mol. The Morgan fingerprint density at radius 3 is 2.18 bits per heavy atom. The summed E-state index contributed by atoms with van der Waals surface area (Å²) in [7, 11) is 0. The van der Waals surface area contributed by atoms with Crippen LogP contribution in [0.2, 0.25) is 0 Å². The predicted octanol–water partition coefficient (Wildman–Crippen LogP) is 4.57. The molecule has 170 valence electrons. The third-order valence-corrected chi connectivity index (χ3v) is 5.07. The number of esters is 3. The van der Waals surface area contributed by atoms with Crippen molar-refractivity contribution in [1.29, 1.82) is 0 Å². The van der Waals surface area contributed by atoms with Crippen molar-refractivity contribution in [2.45, 2.75) is 20.5 Å². The molecule has 0 N–H and O–H groups in total. The topological polar surface area (TPSA) is 78.9 Å². The van der Waals surface area contributed by atoms with Gasteiger partial charge >= 0.3 is 17.9 Å². The minimum absolute atomic E-state index is 0.0412. The van der Waals surface area contributed by atoms with Gasteiger partial charge in [-0.15, -0.1) is 0 Å². The maximum absolute atomic E-state index is 12.9. The zero-order chi connectivity index (χ0) is 23.8. The van der Waals surface area contributed by atoms with Crippen molar-refractivity contribution in [1.82, 2.24) is 0 Å². The molecule has 0 saturated heterocycles. The molecule has 0 radical (unpaired) electrons. The van der Waals surface area contributed by atoms with E-state index in [4.69, 9.17) is 14.2 Å². The summed E-state index contributed by atoms with van der Waals surface area (Å²) in [6.07, 6.45) is 2.91. The number of hydrogen-bond acceptors (Lipinski definition) is 6. The zero-order valence-electron chi connectivity index (χ0n) is 18.7.